The first-order valence-electron chi connectivity index (χ1n) is 12.2. The van der Waals surface area contributed by atoms with Gasteiger partial charge in [0.15, 0.2) is 0 Å². The molecule has 0 aromatic heterocycles. The van der Waals surface area contributed by atoms with Gasteiger partial charge in [-0.1, -0.05) is 70.1 Å². The minimum absolute atomic E-state index is 0.247. The van der Waals surface area contributed by atoms with Crippen LogP contribution < -0.4 is 0 Å². The molecule has 28 heavy (non-hydrogen) atoms. The van der Waals surface area contributed by atoms with E-state index < -0.39 is 0 Å². The van der Waals surface area contributed by atoms with Crippen LogP contribution in [-0.2, 0) is 9.53 Å². The Bertz CT molecular complexity index is 591. The van der Waals surface area contributed by atoms with Crippen LogP contribution in [0, 0.1) is 41.4 Å². The van der Waals surface area contributed by atoms with E-state index in [1.165, 1.54) is 57.8 Å². The number of unbranched alkanes of at least 4 members (excludes halogenated alkanes) is 7. The van der Waals surface area contributed by atoms with Crippen molar-refractivity contribution in [2.75, 3.05) is 6.61 Å². The lowest BCUT2D eigenvalue weighted by molar-refractivity contribution is -0.139. The number of rotatable bonds is 12. The van der Waals surface area contributed by atoms with E-state index in [2.05, 4.69) is 18.7 Å². The highest BCUT2D eigenvalue weighted by Gasteiger charge is 2.60. The van der Waals surface area contributed by atoms with E-state index in [0.29, 0.717) is 12.2 Å². The minimum Gasteiger partial charge on any atom is -0.462 e. The van der Waals surface area contributed by atoms with E-state index in [1.807, 2.05) is 0 Å². The predicted octanol–water partition coefficient (Wildman–Crippen LogP) is 6.71. The van der Waals surface area contributed by atoms with Crippen molar-refractivity contribution in [3.63, 3.8) is 0 Å². The monoisotopic (exact) mass is 384 g/mol. The fourth-order valence-electron chi connectivity index (χ4n) is 7.34. The molecular weight excluding hydrogens is 344 g/mol. The van der Waals surface area contributed by atoms with Crippen molar-refractivity contribution < 1.29 is 9.53 Å². The third kappa shape index (κ3) is 4.26. The van der Waals surface area contributed by atoms with Crippen molar-refractivity contribution in [2.24, 2.45) is 41.4 Å². The number of allylic oxidation sites excluding steroid dienone is 2. The zero-order chi connectivity index (χ0) is 19.5. The maximum absolute atomic E-state index is 11.3. The summed E-state index contributed by atoms with van der Waals surface area (Å²) in [5, 5.41) is 0. The van der Waals surface area contributed by atoms with Gasteiger partial charge < -0.3 is 4.74 Å². The van der Waals surface area contributed by atoms with Crippen molar-refractivity contribution in [1.82, 2.24) is 0 Å². The van der Waals surface area contributed by atoms with Crippen molar-refractivity contribution in [2.45, 2.75) is 84.0 Å². The van der Waals surface area contributed by atoms with Gasteiger partial charge in [-0.25, -0.2) is 4.79 Å². The predicted molar refractivity (Wildman–Crippen MR) is 115 cm³/mol. The van der Waals surface area contributed by atoms with E-state index in [-0.39, 0.29) is 5.97 Å². The Hall–Kier alpha value is -1.05. The Balaban J connectivity index is 0.994. The average molecular weight is 385 g/mol. The molecule has 7 atom stereocenters. The molecule has 4 aliphatic rings. The largest absolute Gasteiger partial charge is 0.462 e. The molecule has 0 aromatic rings. The third-order valence-electron chi connectivity index (χ3n) is 8.46. The SMILES string of the molecule is C=C(C)C(=O)OCCCCCCCCCCC1CC2CC1C1C3C=CC(C3)C21. The van der Waals surface area contributed by atoms with Crippen molar-refractivity contribution >= 4 is 5.97 Å². The van der Waals surface area contributed by atoms with Crippen LogP contribution in [0.15, 0.2) is 24.3 Å². The number of esters is 1. The van der Waals surface area contributed by atoms with Crippen LogP contribution in [-0.4, -0.2) is 12.6 Å². The summed E-state index contributed by atoms with van der Waals surface area (Å²) in [6.45, 7) is 5.85. The van der Waals surface area contributed by atoms with Crippen molar-refractivity contribution in [1.29, 1.82) is 0 Å². The zero-order valence-corrected chi connectivity index (χ0v) is 17.9. The van der Waals surface area contributed by atoms with E-state index >= 15 is 0 Å². The summed E-state index contributed by atoms with van der Waals surface area (Å²) in [5.74, 6) is 7.14. The number of hydrogen-bond acceptors (Lipinski definition) is 2. The molecule has 0 aromatic carbocycles. The van der Waals surface area contributed by atoms with Crippen molar-refractivity contribution in [3.8, 4) is 0 Å². The fourth-order valence-corrected chi connectivity index (χ4v) is 7.34. The Morgan fingerprint density at radius 1 is 0.893 bits per heavy atom. The maximum Gasteiger partial charge on any atom is 0.333 e. The first kappa shape index (κ1) is 20.2. The third-order valence-corrected chi connectivity index (χ3v) is 8.46. The lowest BCUT2D eigenvalue weighted by atomic mass is 9.68. The van der Waals surface area contributed by atoms with Gasteiger partial charge >= 0.3 is 5.97 Å². The molecular formula is C26H40O2. The van der Waals surface area contributed by atoms with Crippen LogP contribution in [0.2, 0.25) is 0 Å². The minimum atomic E-state index is -0.247. The lowest BCUT2D eigenvalue weighted by Crippen LogP contribution is -2.30. The van der Waals surface area contributed by atoms with Gasteiger partial charge in [0.05, 0.1) is 6.61 Å². The molecule has 4 rings (SSSR count). The molecule has 156 valence electrons. The molecule has 4 bridgehead atoms. The number of hydrogen-bond donors (Lipinski definition) is 0. The van der Waals surface area contributed by atoms with E-state index in [4.69, 9.17) is 4.74 Å². The molecule has 4 aliphatic carbocycles. The summed E-state index contributed by atoms with van der Waals surface area (Å²) in [7, 11) is 0. The Morgan fingerprint density at radius 3 is 2.25 bits per heavy atom. The molecule has 0 amide bonds. The average Bonchev–Trinajstić information content (AvgIpc) is 3.44. The van der Waals surface area contributed by atoms with Gasteiger partial charge in [0.2, 0.25) is 0 Å². The molecule has 0 heterocycles. The van der Waals surface area contributed by atoms with Gasteiger partial charge in [-0.15, -0.1) is 0 Å². The summed E-state index contributed by atoms with van der Waals surface area (Å²) in [4.78, 5) is 11.3. The molecule has 3 saturated carbocycles. The Labute approximate surface area is 172 Å². The van der Waals surface area contributed by atoms with Crippen LogP contribution in [0.1, 0.15) is 84.0 Å². The van der Waals surface area contributed by atoms with Gasteiger partial charge in [0, 0.05) is 5.57 Å². The zero-order valence-electron chi connectivity index (χ0n) is 17.9. The molecule has 7 unspecified atom stereocenters. The summed E-state index contributed by atoms with van der Waals surface area (Å²) in [6, 6.07) is 0. The molecule has 2 nitrogen and oxygen atoms in total. The summed E-state index contributed by atoms with van der Waals surface area (Å²) in [5.41, 5.74) is 0.498. The molecule has 0 radical (unpaired) electrons. The van der Waals surface area contributed by atoms with Crippen LogP contribution in [0.3, 0.4) is 0 Å². The number of carbonyl (C=O) groups excluding carboxylic acids is 1. The smallest absolute Gasteiger partial charge is 0.333 e. The number of carbonyl (C=O) groups is 1. The van der Waals surface area contributed by atoms with Gasteiger partial charge in [-0.3, -0.25) is 0 Å². The van der Waals surface area contributed by atoms with Crippen molar-refractivity contribution in [3.05, 3.63) is 24.3 Å². The fraction of sp³-hybridized carbons (Fsp3) is 0.808. The molecule has 2 heteroatoms. The number of ether oxygens (including phenoxy) is 1. The van der Waals surface area contributed by atoms with E-state index in [1.54, 1.807) is 19.8 Å². The topological polar surface area (TPSA) is 26.3 Å². The summed E-state index contributed by atoms with van der Waals surface area (Å²) >= 11 is 0. The first-order chi connectivity index (χ1) is 13.6. The highest BCUT2D eigenvalue weighted by atomic mass is 16.5. The number of fused-ring (bicyclic) bond motifs is 9. The van der Waals surface area contributed by atoms with Gasteiger partial charge in [-0.05, 0) is 74.0 Å². The standard InChI is InChI=1S/C26H40O2/c1-18(2)26(27)28-14-10-8-6-4-3-5-7-9-11-19-15-22-17-23(19)25-21-13-12-20(16-21)24(22)25/h12-13,19-25H,1,3-11,14-17H2,2H3. The highest BCUT2D eigenvalue weighted by molar-refractivity contribution is 5.86. The summed E-state index contributed by atoms with van der Waals surface area (Å²) in [6.07, 6.45) is 21.8. The normalized spacial score (nSPS) is 36.8. The van der Waals surface area contributed by atoms with Gasteiger partial charge in [-0.2, -0.15) is 0 Å². The second-order valence-electron chi connectivity index (χ2n) is 10.3. The van der Waals surface area contributed by atoms with Crippen LogP contribution >= 0.6 is 0 Å². The first-order valence-corrected chi connectivity index (χ1v) is 12.2. The molecule has 0 aliphatic heterocycles. The molecule has 0 spiro atoms. The molecule has 0 saturated heterocycles. The molecule has 3 fully saturated rings. The second kappa shape index (κ2) is 9.18. The summed E-state index contributed by atoms with van der Waals surface area (Å²) < 4.78 is 5.13. The second-order valence-corrected chi connectivity index (χ2v) is 10.3. The van der Waals surface area contributed by atoms with Crippen LogP contribution in [0.4, 0.5) is 0 Å². The van der Waals surface area contributed by atoms with Gasteiger partial charge in [0.25, 0.3) is 0 Å². The lowest BCUT2D eigenvalue weighted by Gasteiger charge is -2.36. The highest BCUT2D eigenvalue weighted by Crippen LogP contribution is 2.67. The maximum atomic E-state index is 11.3. The Morgan fingerprint density at radius 2 is 1.54 bits per heavy atom. The van der Waals surface area contributed by atoms with E-state index in [0.717, 1.165) is 47.8 Å². The van der Waals surface area contributed by atoms with E-state index in [9.17, 15) is 4.79 Å². The molecule has 0 N–H and O–H groups in total. The van der Waals surface area contributed by atoms with Crippen LogP contribution in [0.25, 0.3) is 0 Å². The van der Waals surface area contributed by atoms with Crippen LogP contribution in [0.5, 0.6) is 0 Å². The Kier molecular flexibility index (Phi) is 6.63. The van der Waals surface area contributed by atoms with Gasteiger partial charge in [0.1, 0.15) is 0 Å². The quantitative estimate of drug-likeness (QED) is 0.123.